The van der Waals surface area contributed by atoms with E-state index in [0.29, 0.717) is 12.0 Å². The van der Waals surface area contributed by atoms with E-state index in [0.717, 1.165) is 16.7 Å². The monoisotopic (exact) mass is 274 g/mol. The van der Waals surface area contributed by atoms with Crippen LogP contribution in [0.4, 0.5) is 0 Å². The van der Waals surface area contributed by atoms with Crippen LogP contribution in [0.2, 0.25) is 0 Å². The van der Waals surface area contributed by atoms with Crippen LogP contribution in [0.25, 0.3) is 0 Å². The number of rotatable bonds is 5. The maximum Gasteiger partial charge on any atom is 0.153 e. The molecule has 1 aromatic rings. The molecule has 0 amide bonds. The minimum absolute atomic E-state index is 0.314. The number of aromatic nitrogens is 3. The van der Waals surface area contributed by atoms with Crippen molar-refractivity contribution in [3.8, 4) is 0 Å². The first kappa shape index (κ1) is 12.6. The molecule has 0 fully saturated rings. The minimum atomic E-state index is 0.314. The second-order valence-corrected chi connectivity index (χ2v) is 4.73. The van der Waals surface area contributed by atoms with E-state index in [-0.39, 0.29) is 0 Å². The molecule has 2 atom stereocenters. The molecule has 15 heavy (non-hydrogen) atoms. The van der Waals surface area contributed by atoms with Crippen molar-refractivity contribution >= 4 is 15.9 Å². The predicted molar refractivity (Wildman–Crippen MR) is 64.6 cm³/mol. The van der Waals surface area contributed by atoms with Gasteiger partial charge in [0, 0.05) is 7.05 Å². The van der Waals surface area contributed by atoms with E-state index in [4.69, 9.17) is 0 Å². The molecule has 0 aliphatic heterocycles. The van der Waals surface area contributed by atoms with Gasteiger partial charge in [-0.2, -0.15) is 0 Å². The van der Waals surface area contributed by atoms with Gasteiger partial charge >= 0.3 is 0 Å². The lowest BCUT2D eigenvalue weighted by atomic mass is 9.98. The van der Waals surface area contributed by atoms with Crippen LogP contribution in [0.1, 0.15) is 38.4 Å². The zero-order valence-electron chi connectivity index (χ0n) is 9.79. The number of hydrogen-bond acceptors (Lipinski definition) is 3. The van der Waals surface area contributed by atoms with Gasteiger partial charge in [-0.05, 0) is 35.3 Å². The number of halogens is 1. The SMILES string of the molecule is CCC(C)CC(NC)c1c(Br)nnn1C. The summed E-state index contributed by atoms with van der Waals surface area (Å²) in [5, 5.41) is 11.3. The van der Waals surface area contributed by atoms with Gasteiger partial charge in [0.1, 0.15) is 0 Å². The summed E-state index contributed by atoms with van der Waals surface area (Å²) in [6, 6.07) is 0.314. The van der Waals surface area contributed by atoms with Crippen LogP contribution < -0.4 is 5.32 Å². The Hall–Kier alpha value is -0.420. The van der Waals surface area contributed by atoms with E-state index in [1.807, 2.05) is 18.8 Å². The first-order chi connectivity index (χ1) is 7.10. The lowest BCUT2D eigenvalue weighted by Gasteiger charge is -2.19. The van der Waals surface area contributed by atoms with Crippen LogP contribution in [0.5, 0.6) is 0 Å². The van der Waals surface area contributed by atoms with E-state index < -0.39 is 0 Å². The molecule has 1 N–H and O–H groups in total. The van der Waals surface area contributed by atoms with Crippen molar-refractivity contribution in [2.75, 3.05) is 7.05 Å². The third-order valence-corrected chi connectivity index (χ3v) is 3.41. The van der Waals surface area contributed by atoms with Gasteiger partial charge in [0.05, 0.1) is 11.7 Å². The van der Waals surface area contributed by atoms with Gasteiger partial charge in [-0.25, -0.2) is 4.68 Å². The Balaban J connectivity index is 2.82. The van der Waals surface area contributed by atoms with Crippen LogP contribution in [0.3, 0.4) is 0 Å². The normalized spacial score (nSPS) is 15.3. The second kappa shape index (κ2) is 5.61. The van der Waals surface area contributed by atoms with Crippen molar-refractivity contribution in [1.29, 1.82) is 0 Å². The summed E-state index contributed by atoms with van der Waals surface area (Å²) < 4.78 is 2.67. The van der Waals surface area contributed by atoms with Crippen molar-refractivity contribution in [3.05, 3.63) is 10.3 Å². The third kappa shape index (κ3) is 3.01. The molecule has 0 saturated heterocycles. The fourth-order valence-corrected chi connectivity index (χ4v) is 2.25. The Kier molecular flexibility index (Phi) is 4.73. The standard InChI is InChI=1S/C10H19BrN4/c1-5-7(2)6-8(12-3)9-10(11)13-14-15(9)4/h7-8,12H,5-6H2,1-4H3. The Morgan fingerprint density at radius 2 is 2.20 bits per heavy atom. The summed E-state index contributed by atoms with van der Waals surface area (Å²) in [6.07, 6.45) is 2.30. The molecule has 5 heteroatoms. The minimum Gasteiger partial charge on any atom is -0.312 e. The average molecular weight is 275 g/mol. The highest BCUT2D eigenvalue weighted by Crippen LogP contribution is 2.26. The molecule has 86 valence electrons. The Labute approximate surface area is 99.6 Å². The quantitative estimate of drug-likeness (QED) is 0.896. The van der Waals surface area contributed by atoms with Crippen LogP contribution in [0, 0.1) is 5.92 Å². The number of hydrogen-bond donors (Lipinski definition) is 1. The van der Waals surface area contributed by atoms with Crippen molar-refractivity contribution in [1.82, 2.24) is 20.3 Å². The number of aryl methyl sites for hydroxylation is 1. The first-order valence-electron chi connectivity index (χ1n) is 5.32. The lowest BCUT2D eigenvalue weighted by Crippen LogP contribution is -2.22. The van der Waals surface area contributed by atoms with Gasteiger partial charge in [-0.1, -0.05) is 25.5 Å². The molecule has 0 spiro atoms. The second-order valence-electron chi connectivity index (χ2n) is 3.98. The fourth-order valence-electron chi connectivity index (χ4n) is 1.64. The molecular formula is C10H19BrN4. The molecular weight excluding hydrogens is 256 g/mol. The van der Waals surface area contributed by atoms with Gasteiger partial charge in [0.2, 0.25) is 0 Å². The molecule has 0 aliphatic carbocycles. The highest BCUT2D eigenvalue weighted by molar-refractivity contribution is 9.10. The maximum absolute atomic E-state index is 4.01. The predicted octanol–water partition coefficient (Wildman–Crippen LogP) is 2.27. The van der Waals surface area contributed by atoms with E-state index >= 15 is 0 Å². The lowest BCUT2D eigenvalue weighted by molar-refractivity contribution is 0.404. The van der Waals surface area contributed by atoms with E-state index in [1.165, 1.54) is 6.42 Å². The fraction of sp³-hybridized carbons (Fsp3) is 0.800. The van der Waals surface area contributed by atoms with Crippen LogP contribution >= 0.6 is 15.9 Å². The van der Waals surface area contributed by atoms with Gasteiger partial charge in [-0.3, -0.25) is 0 Å². The Morgan fingerprint density at radius 3 is 2.60 bits per heavy atom. The van der Waals surface area contributed by atoms with Crippen molar-refractivity contribution in [2.24, 2.45) is 13.0 Å². The van der Waals surface area contributed by atoms with Crippen LogP contribution in [0.15, 0.2) is 4.60 Å². The molecule has 0 aromatic carbocycles. The first-order valence-corrected chi connectivity index (χ1v) is 6.11. The van der Waals surface area contributed by atoms with Crippen LogP contribution in [-0.2, 0) is 7.05 Å². The van der Waals surface area contributed by atoms with Gasteiger partial charge in [-0.15, -0.1) is 5.10 Å². The molecule has 0 saturated carbocycles. The average Bonchev–Trinajstić information content (AvgIpc) is 2.55. The molecule has 1 aromatic heterocycles. The van der Waals surface area contributed by atoms with Gasteiger partial charge in [0.15, 0.2) is 4.60 Å². The van der Waals surface area contributed by atoms with Gasteiger partial charge in [0.25, 0.3) is 0 Å². The summed E-state index contributed by atoms with van der Waals surface area (Å²) in [5.74, 6) is 0.698. The molecule has 1 rings (SSSR count). The summed E-state index contributed by atoms with van der Waals surface area (Å²) in [7, 11) is 3.90. The Bertz CT molecular complexity index is 291. The van der Waals surface area contributed by atoms with E-state index in [2.05, 4.69) is 45.4 Å². The molecule has 0 bridgehead atoms. The smallest absolute Gasteiger partial charge is 0.153 e. The zero-order chi connectivity index (χ0) is 11.4. The highest BCUT2D eigenvalue weighted by Gasteiger charge is 2.20. The number of nitrogens with one attached hydrogen (secondary N) is 1. The molecule has 0 aliphatic rings. The Morgan fingerprint density at radius 1 is 1.53 bits per heavy atom. The third-order valence-electron chi connectivity index (χ3n) is 2.84. The summed E-state index contributed by atoms with van der Waals surface area (Å²) >= 11 is 3.44. The highest BCUT2D eigenvalue weighted by atomic mass is 79.9. The topological polar surface area (TPSA) is 42.7 Å². The number of nitrogens with zero attached hydrogens (tertiary/aromatic N) is 3. The maximum atomic E-state index is 4.01. The molecule has 1 heterocycles. The van der Waals surface area contributed by atoms with E-state index in [1.54, 1.807) is 0 Å². The summed E-state index contributed by atoms with van der Waals surface area (Å²) in [6.45, 7) is 4.48. The van der Waals surface area contributed by atoms with Crippen molar-refractivity contribution in [2.45, 2.75) is 32.7 Å². The molecule has 4 nitrogen and oxygen atoms in total. The van der Waals surface area contributed by atoms with Crippen molar-refractivity contribution < 1.29 is 0 Å². The van der Waals surface area contributed by atoms with E-state index in [9.17, 15) is 0 Å². The van der Waals surface area contributed by atoms with Crippen molar-refractivity contribution in [3.63, 3.8) is 0 Å². The largest absolute Gasteiger partial charge is 0.312 e. The molecule has 0 radical (unpaired) electrons. The zero-order valence-corrected chi connectivity index (χ0v) is 11.4. The van der Waals surface area contributed by atoms with Crippen LogP contribution in [-0.4, -0.2) is 22.0 Å². The van der Waals surface area contributed by atoms with Gasteiger partial charge < -0.3 is 5.32 Å². The summed E-state index contributed by atoms with van der Waals surface area (Å²) in [5.41, 5.74) is 1.12. The molecule has 2 unspecified atom stereocenters. The summed E-state index contributed by atoms with van der Waals surface area (Å²) in [4.78, 5) is 0.